The van der Waals surface area contributed by atoms with Gasteiger partial charge in [-0.25, -0.2) is 4.68 Å². The fraction of sp³-hybridized carbons (Fsp3) is 0.478. The van der Waals surface area contributed by atoms with E-state index < -0.39 is 11.9 Å². The van der Waals surface area contributed by atoms with Gasteiger partial charge in [0.05, 0.1) is 24.0 Å². The number of hydrogen-bond donors (Lipinski definition) is 1. The van der Waals surface area contributed by atoms with Crippen LogP contribution in [0.25, 0.3) is 5.69 Å². The van der Waals surface area contributed by atoms with E-state index in [-0.39, 0.29) is 48.0 Å². The quantitative estimate of drug-likeness (QED) is 0.653. The van der Waals surface area contributed by atoms with Crippen LogP contribution in [-0.2, 0) is 20.9 Å². The van der Waals surface area contributed by atoms with Crippen molar-refractivity contribution < 1.29 is 23.9 Å². The summed E-state index contributed by atoms with van der Waals surface area (Å²) in [7, 11) is 0. The minimum Gasteiger partial charge on any atom is -0.373 e. The zero-order valence-corrected chi connectivity index (χ0v) is 18.7. The molecule has 4 amide bonds. The molecular formula is C23H24N6O5. The van der Waals surface area contributed by atoms with E-state index in [1.54, 1.807) is 18.3 Å². The normalized spacial score (nSPS) is 28.3. The average Bonchev–Trinajstić information content (AvgIpc) is 3.48. The second-order valence-electron chi connectivity index (χ2n) is 9.67. The van der Waals surface area contributed by atoms with E-state index in [1.165, 1.54) is 9.58 Å². The highest BCUT2D eigenvalue weighted by atomic mass is 16.5. The first kappa shape index (κ1) is 21.0. The van der Waals surface area contributed by atoms with Crippen LogP contribution >= 0.6 is 0 Å². The van der Waals surface area contributed by atoms with Crippen LogP contribution in [0.1, 0.15) is 59.0 Å². The average molecular weight is 464 g/mol. The first-order chi connectivity index (χ1) is 16.3. The number of rotatable bonds is 3. The maximum Gasteiger partial charge on any atom is 0.276 e. The Balaban J connectivity index is 1.21. The molecule has 4 aliphatic rings. The monoisotopic (exact) mass is 464 g/mol. The third-order valence-electron chi connectivity index (χ3n) is 7.26. The molecule has 3 saturated heterocycles. The van der Waals surface area contributed by atoms with E-state index in [0.29, 0.717) is 30.8 Å². The Labute approximate surface area is 195 Å². The maximum absolute atomic E-state index is 13.1. The molecule has 1 aromatic heterocycles. The molecule has 0 saturated carbocycles. The van der Waals surface area contributed by atoms with Gasteiger partial charge in [-0.3, -0.25) is 24.5 Å². The van der Waals surface area contributed by atoms with Crippen molar-refractivity contribution >= 4 is 23.6 Å². The summed E-state index contributed by atoms with van der Waals surface area (Å²) in [5.41, 5.74) is 1.91. The summed E-state index contributed by atoms with van der Waals surface area (Å²) in [6.07, 6.45) is 3.77. The van der Waals surface area contributed by atoms with E-state index in [1.807, 2.05) is 17.9 Å². The largest absolute Gasteiger partial charge is 0.373 e. The topological polar surface area (TPSA) is 127 Å². The molecule has 3 unspecified atom stereocenters. The molecule has 34 heavy (non-hydrogen) atoms. The van der Waals surface area contributed by atoms with Gasteiger partial charge >= 0.3 is 0 Å². The summed E-state index contributed by atoms with van der Waals surface area (Å²) < 4.78 is 7.38. The van der Waals surface area contributed by atoms with Crippen molar-refractivity contribution in [2.24, 2.45) is 0 Å². The Kier molecular flexibility index (Phi) is 4.60. The van der Waals surface area contributed by atoms with Gasteiger partial charge in [0.15, 0.2) is 5.69 Å². The predicted octanol–water partition coefficient (Wildman–Crippen LogP) is 0.422. The van der Waals surface area contributed by atoms with Crippen molar-refractivity contribution in [3.63, 3.8) is 0 Å². The van der Waals surface area contributed by atoms with Crippen molar-refractivity contribution in [3.8, 4) is 5.69 Å². The lowest BCUT2D eigenvalue weighted by atomic mass is 9.98. The van der Waals surface area contributed by atoms with Crippen molar-refractivity contribution in [1.29, 1.82) is 0 Å². The standard InChI is InChI=1S/C23H24N6O5/c1-23-9-15(6-7-34-23)28(12-23)22(33)17-11-29(26-25-17)14-2-3-16-13(8-14)10-27(21(16)32)18-4-5-19(30)24-20(18)31/h2-3,8,11,15,18H,4-7,9-10,12H2,1H3,(H,24,30,31). The molecule has 3 fully saturated rings. The molecule has 4 aliphatic heterocycles. The number of benzene rings is 1. The summed E-state index contributed by atoms with van der Waals surface area (Å²) in [6, 6.07) is 4.75. The Morgan fingerprint density at radius 3 is 2.88 bits per heavy atom. The van der Waals surface area contributed by atoms with E-state index in [4.69, 9.17) is 4.74 Å². The molecule has 0 radical (unpaired) electrons. The molecular weight excluding hydrogens is 440 g/mol. The number of hydrogen-bond acceptors (Lipinski definition) is 7. The summed E-state index contributed by atoms with van der Waals surface area (Å²) in [5, 5.41) is 10.6. The second kappa shape index (κ2) is 7.45. The SMILES string of the molecule is CC12CC(CCO1)N(C(=O)c1cn(-c3ccc4c(c3)CN(C3CCC(=O)NC3=O)C4=O)nn1)C2. The van der Waals surface area contributed by atoms with Crippen LogP contribution in [0, 0.1) is 0 Å². The zero-order valence-electron chi connectivity index (χ0n) is 18.7. The van der Waals surface area contributed by atoms with E-state index in [9.17, 15) is 19.2 Å². The fourth-order valence-corrected chi connectivity index (χ4v) is 5.54. The smallest absolute Gasteiger partial charge is 0.276 e. The first-order valence-electron chi connectivity index (χ1n) is 11.5. The lowest BCUT2D eigenvalue weighted by Crippen LogP contribution is -2.52. The number of aromatic nitrogens is 3. The van der Waals surface area contributed by atoms with Crippen molar-refractivity contribution in [3.05, 3.63) is 41.2 Å². The van der Waals surface area contributed by atoms with Gasteiger partial charge in [0, 0.05) is 31.2 Å². The molecule has 11 nitrogen and oxygen atoms in total. The Hall–Kier alpha value is -3.60. The molecule has 0 aliphatic carbocycles. The van der Waals surface area contributed by atoms with Crippen molar-refractivity contribution in [2.75, 3.05) is 13.2 Å². The minimum absolute atomic E-state index is 0.153. The second-order valence-corrected chi connectivity index (χ2v) is 9.67. The molecule has 1 N–H and O–H groups in total. The summed E-state index contributed by atoms with van der Waals surface area (Å²) >= 11 is 0. The van der Waals surface area contributed by atoms with Gasteiger partial charge in [0.2, 0.25) is 11.8 Å². The molecule has 5 heterocycles. The van der Waals surface area contributed by atoms with E-state index >= 15 is 0 Å². The van der Waals surface area contributed by atoms with Crippen LogP contribution in [0.3, 0.4) is 0 Å². The van der Waals surface area contributed by atoms with Gasteiger partial charge in [-0.05, 0) is 49.9 Å². The number of carbonyl (C=O) groups is 4. The van der Waals surface area contributed by atoms with Gasteiger partial charge in [-0.15, -0.1) is 5.10 Å². The minimum atomic E-state index is -0.664. The maximum atomic E-state index is 13.1. The van der Waals surface area contributed by atoms with Gasteiger partial charge in [0.1, 0.15) is 6.04 Å². The highest BCUT2D eigenvalue weighted by Gasteiger charge is 2.47. The molecule has 1 aromatic carbocycles. The number of nitrogens with zero attached hydrogens (tertiary/aromatic N) is 5. The van der Waals surface area contributed by atoms with Gasteiger partial charge in [-0.2, -0.15) is 0 Å². The zero-order chi connectivity index (χ0) is 23.6. The number of piperidine rings is 1. The van der Waals surface area contributed by atoms with Crippen molar-refractivity contribution in [2.45, 2.75) is 56.8 Å². The molecule has 11 heteroatoms. The van der Waals surface area contributed by atoms with E-state index in [2.05, 4.69) is 15.6 Å². The Morgan fingerprint density at radius 1 is 1.24 bits per heavy atom. The van der Waals surface area contributed by atoms with Crippen LogP contribution in [0.5, 0.6) is 0 Å². The number of imide groups is 1. The first-order valence-corrected chi connectivity index (χ1v) is 11.5. The summed E-state index contributed by atoms with van der Waals surface area (Å²) in [5.74, 6) is -1.15. The van der Waals surface area contributed by atoms with Gasteiger partial charge < -0.3 is 14.5 Å². The number of carbonyl (C=O) groups excluding carboxylic acids is 4. The lowest BCUT2D eigenvalue weighted by Gasteiger charge is -2.29. The molecule has 176 valence electrons. The number of fused-ring (bicyclic) bond motifs is 3. The molecule has 6 rings (SSSR count). The third kappa shape index (κ3) is 3.30. The van der Waals surface area contributed by atoms with Crippen LogP contribution < -0.4 is 5.32 Å². The third-order valence-corrected chi connectivity index (χ3v) is 7.26. The number of amides is 4. The fourth-order valence-electron chi connectivity index (χ4n) is 5.54. The number of nitrogens with one attached hydrogen (secondary N) is 1. The Bertz CT molecular complexity index is 1240. The van der Waals surface area contributed by atoms with Crippen LogP contribution in [0.15, 0.2) is 24.4 Å². The summed E-state index contributed by atoms with van der Waals surface area (Å²) in [4.78, 5) is 53.1. The van der Waals surface area contributed by atoms with E-state index in [0.717, 1.165) is 18.4 Å². The Morgan fingerprint density at radius 2 is 2.09 bits per heavy atom. The molecule has 2 bridgehead atoms. The van der Waals surface area contributed by atoms with Crippen LogP contribution in [0.4, 0.5) is 0 Å². The molecule has 3 atom stereocenters. The highest BCUT2D eigenvalue weighted by Crippen LogP contribution is 2.37. The lowest BCUT2D eigenvalue weighted by molar-refractivity contribution is -0.136. The van der Waals surface area contributed by atoms with Gasteiger partial charge in [0.25, 0.3) is 11.8 Å². The van der Waals surface area contributed by atoms with Gasteiger partial charge in [-0.1, -0.05) is 5.21 Å². The highest BCUT2D eigenvalue weighted by molar-refractivity contribution is 6.05. The summed E-state index contributed by atoms with van der Waals surface area (Å²) in [6.45, 7) is 3.50. The van der Waals surface area contributed by atoms with Crippen LogP contribution in [-0.4, -0.2) is 79.3 Å². The van der Waals surface area contributed by atoms with Crippen molar-refractivity contribution in [1.82, 2.24) is 30.1 Å². The molecule has 2 aromatic rings. The number of ether oxygens (including phenoxy) is 1. The van der Waals surface area contributed by atoms with Crippen LogP contribution in [0.2, 0.25) is 0 Å². The molecule has 0 spiro atoms. The number of likely N-dealkylation sites (tertiary alicyclic amines) is 1. The predicted molar refractivity (Wildman–Crippen MR) is 116 cm³/mol.